The third-order valence-electron chi connectivity index (χ3n) is 7.80. The van der Waals surface area contributed by atoms with Crippen molar-refractivity contribution in [2.45, 2.75) is 110 Å². The van der Waals surface area contributed by atoms with Crippen LogP contribution in [0.3, 0.4) is 0 Å². The van der Waals surface area contributed by atoms with E-state index in [9.17, 15) is 9.59 Å². The number of aryl methyl sites for hydroxylation is 1. The monoisotopic (exact) mass is 423 g/mol. The highest BCUT2D eigenvalue weighted by atomic mass is 16.2. The summed E-state index contributed by atoms with van der Waals surface area (Å²) in [5.74, 6) is -0.274. The summed E-state index contributed by atoms with van der Waals surface area (Å²) in [4.78, 5) is 27.7. The first-order valence-corrected chi connectivity index (χ1v) is 12.6. The minimum absolute atomic E-state index is 0.0113. The maximum absolute atomic E-state index is 13.0. The van der Waals surface area contributed by atoms with Crippen LogP contribution < -0.4 is 0 Å². The van der Waals surface area contributed by atoms with Gasteiger partial charge in [0.25, 0.3) is 11.8 Å². The quantitative estimate of drug-likeness (QED) is 0.358. The van der Waals surface area contributed by atoms with Crippen molar-refractivity contribution in [1.82, 2.24) is 4.90 Å². The first-order valence-electron chi connectivity index (χ1n) is 12.6. The van der Waals surface area contributed by atoms with Gasteiger partial charge in [-0.3, -0.25) is 14.5 Å². The summed E-state index contributed by atoms with van der Waals surface area (Å²) >= 11 is 0. The van der Waals surface area contributed by atoms with Crippen LogP contribution in [0.1, 0.15) is 115 Å². The second kappa shape index (κ2) is 9.71. The number of amides is 2. The van der Waals surface area contributed by atoms with Crippen LogP contribution in [-0.4, -0.2) is 16.7 Å². The van der Waals surface area contributed by atoms with Crippen molar-refractivity contribution >= 4 is 11.8 Å². The minimum atomic E-state index is -0.160. The fraction of sp³-hybridized carbons (Fsp3) is 0.643. The average molecular weight is 424 g/mol. The van der Waals surface area contributed by atoms with Crippen molar-refractivity contribution < 1.29 is 9.59 Å². The summed E-state index contributed by atoms with van der Waals surface area (Å²) in [5.41, 5.74) is 4.08. The zero-order valence-corrected chi connectivity index (χ0v) is 20.3. The summed E-state index contributed by atoms with van der Waals surface area (Å²) in [6.07, 6.45) is 13.8. The molecule has 1 aliphatic heterocycles. The molecule has 1 aromatic carbocycles. The van der Waals surface area contributed by atoms with Crippen LogP contribution >= 0.6 is 0 Å². The van der Waals surface area contributed by atoms with Gasteiger partial charge in [-0.05, 0) is 48.8 Å². The molecule has 0 saturated heterocycles. The molecule has 0 unspecified atom stereocenters. The molecule has 0 spiro atoms. The van der Waals surface area contributed by atoms with Crippen LogP contribution in [0, 0.1) is 5.41 Å². The molecule has 1 aliphatic carbocycles. The fourth-order valence-corrected chi connectivity index (χ4v) is 7.27. The van der Waals surface area contributed by atoms with Crippen molar-refractivity contribution in [2.75, 3.05) is 0 Å². The van der Waals surface area contributed by atoms with E-state index in [1.165, 1.54) is 28.8 Å². The molecule has 170 valence electrons. The molecular weight excluding hydrogens is 382 g/mol. The summed E-state index contributed by atoms with van der Waals surface area (Å²) in [6, 6.07) is 6.53. The molecule has 1 aromatic rings. The highest BCUT2D eigenvalue weighted by Gasteiger charge is 2.63. The van der Waals surface area contributed by atoms with E-state index in [4.69, 9.17) is 0 Å². The van der Waals surface area contributed by atoms with Crippen LogP contribution in [0.25, 0.3) is 0 Å². The third kappa shape index (κ3) is 3.58. The Kier molecular flexibility index (Phi) is 7.44. The van der Waals surface area contributed by atoms with E-state index in [0.29, 0.717) is 0 Å². The lowest BCUT2D eigenvalue weighted by atomic mass is 9.54. The van der Waals surface area contributed by atoms with Crippen molar-refractivity contribution in [2.24, 2.45) is 5.41 Å². The second-order valence-electron chi connectivity index (χ2n) is 9.65. The van der Waals surface area contributed by atoms with Gasteiger partial charge in [-0.1, -0.05) is 84.9 Å². The number of carbonyl (C=O) groups is 2. The Bertz CT molecular complexity index is 807. The number of benzene rings is 1. The summed E-state index contributed by atoms with van der Waals surface area (Å²) < 4.78 is 0. The lowest BCUT2D eigenvalue weighted by Crippen LogP contribution is -2.50. The number of hydrogen-bond donors (Lipinski definition) is 0. The number of carbonyl (C=O) groups excluding carboxylic acids is 2. The smallest absolute Gasteiger partial charge is 0.254 e. The zero-order chi connectivity index (χ0) is 22.6. The fourth-order valence-electron chi connectivity index (χ4n) is 7.27. The first kappa shape index (κ1) is 23.8. The number of hydrogen-bond acceptors (Lipinski definition) is 2. The molecule has 0 fully saturated rings. The molecule has 3 heteroatoms. The van der Waals surface area contributed by atoms with Gasteiger partial charge in [0.15, 0.2) is 0 Å². The van der Waals surface area contributed by atoms with Gasteiger partial charge in [0, 0.05) is 23.0 Å². The molecule has 0 radical (unpaired) electrons. The standard InChI is InChI=1S/C28H41NO2/c1-6-12-21-13-11-14-22-25(21)27(17-7-2,18-8-3)28(19-9-4,20-10-5)26(22)29-23(30)15-16-24(29)31/h11,13-16,26H,6-10,12,17-20H2,1-5H3/t26-/m1/s1. The van der Waals surface area contributed by atoms with Crippen LogP contribution in [0.2, 0.25) is 0 Å². The van der Waals surface area contributed by atoms with Crippen molar-refractivity contribution in [3.05, 3.63) is 47.0 Å². The third-order valence-corrected chi connectivity index (χ3v) is 7.80. The van der Waals surface area contributed by atoms with E-state index >= 15 is 0 Å². The van der Waals surface area contributed by atoms with Gasteiger partial charge in [0.05, 0.1) is 6.04 Å². The topological polar surface area (TPSA) is 37.4 Å². The minimum Gasteiger partial charge on any atom is -0.269 e. The van der Waals surface area contributed by atoms with E-state index < -0.39 is 0 Å². The molecule has 1 heterocycles. The Balaban J connectivity index is 2.40. The highest BCUT2D eigenvalue weighted by molar-refractivity contribution is 6.13. The summed E-state index contributed by atoms with van der Waals surface area (Å²) in [6.45, 7) is 11.4. The number of nitrogens with zero attached hydrogens (tertiary/aromatic N) is 1. The molecule has 3 nitrogen and oxygen atoms in total. The zero-order valence-electron chi connectivity index (χ0n) is 20.3. The Labute approximate surface area is 189 Å². The maximum Gasteiger partial charge on any atom is 0.254 e. The Morgan fingerprint density at radius 1 is 0.774 bits per heavy atom. The lowest BCUT2D eigenvalue weighted by molar-refractivity contribution is -0.145. The van der Waals surface area contributed by atoms with Crippen molar-refractivity contribution in [3.63, 3.8) is 0 Å². The molecule has 31 heavy (non-hydrogen) atoms. The SMILES string of the molecule is CCCc1cccc2c1C(CCC)(CCC)C(CCC)(CCC)[C@@H]2N1C(=O)C=CC1=O. The maximum atomic E-state index is 13.0. The second-order valence-corrected chi connectivity index (χ2v) is 9.65. The highest BCUT2D eigenvalue weighted by Crippen LogP contribution is 2.68. The van der Waals surface area contributed by atoms with Gasteiger partial charge < -0.3 is 0 Å². The average Bonchev–Trinajstić information content (AvgIpc) is 3.17. The first-order chi connectivity index (χ1) is 15.0. The largest absolute Gasteiger partial charge is 0.269 e. The van der Waals surface area contributed by atoms with Gasteiger partial charge in [-0.2, -0.15) is 0 Å². The predicted octanol–water partition coefficient (Wildman–Crippen LogP) is 7.04. The molecule has 0 aromatic heterocycles. The van der Waals surface area contributed by atoms with E-state index in [0.717, 1.165) is 64.2 Å². The number of fused-ring (bicyclic) bond motifs is 1. The van der Waals surface area contributed by atoms with Gasteiger partial charge >= 0.3 is 0 Å². The molecular formula is C28H41NO2. The van der Waals surface area contributed by atoms with Crippen LogP contribution in [-0.2, 0) is 21.4 Å². The Morgan fingerprint density at radius 3 is 1.81 bits per heavy atom. The predicted molar refractivity (Wildman–Crippen MR) is 128 cm³/mol. The van der Waals surface area contributed by atoms with E-state index in [1.807, 2.05) is 0 Å². The van der Waals surface area contributed by atoms with Crippen LogP contribution in [0.4, 0.5) is 0 Å². The molecule has 0 saturated carbocycles. The van der Waals surface area contributed by atoms with Gasteiger partial charge in [-0.25, -0.2) is 0 Å². The Morgan fingerprint density at radius 2 is 1.32 bits per heavy atom. The summed E-state index contributed by atoms with van der Waals surface area (Å²) in [7, 11) is 0. The van der Waals surface area contributed by atoms with Gasteiger partial charge in [0.1, 0.15) is 0 Å². The number of rotatable bonds is 11. The number of imide groups is 1. The molecule has 0 bridgehead atoms. The Hall–Kier alpha value is -1.90. The molecule has 0 N–H and O–H groups in total. The van der Waals surface area contributed by atoms with Gasteiger partial charge in [0.2, 0.25) is 0 Å². The molecule has 2 amide bonds. The van der Waals surface area contributed by atoms with Crippen molar-refractivity contribution in [3.8, 4) is 0 Å². The summed E-state index contributed by atoms with van der Waals surface area (Å²) in [5, 5.41) is 0. The van der Waals surface area contributed by atoms with Crippen LogP contribution in [0.5, 0.6) is 0 Å². The van der Waals surface area contributed by atoms with E-state index in [-0.39, 0.29) is 28.7 Å². The molecule has 1 atom stereocenters. The van der Waals surface area contributed by atoms with E-state index in [2.05, 4.69) is 52.8 Å². The van der Waals surface area contributed by atoms with Crippen molar-refractivity contribution in [1.29, 1.82) is 0 Å². The normalized spacial score (nSPS) is 21.2. The molecule has 3 rings (SSSR count). The molecule has 2 aliphatic rings. The van der Waals surface area contributed by atoms with Gasteiger partial charge in [-0.15, -0.1) is 0 Å². The van der Waals surface area contributed by atoms with Crippen LogP contribution in [0.15, 0.2) is 30.4 Å². The lowest BCUT2D eigenvalue weighted by Gasteiger charge is -2.52. The van der Waals surface area contributed by atoms with E-state index in [1.54, 1.807) is 4.90 Å².